The van der Waals surface area contributed by atoms with Crippen molar-refractivity contribution in [2.45, 2.75) is 36.1 Å². The molecular weight excluding hydrogens is 338 g/mol. The van der Waals surface area contributed by atoms with Crippen molar-refractivity contribution < 1.29 is 13.2 Å². The van der Waals surface area contributed by atoms with Gasteiger partial charge in [0.2, 0.25) is 15.7 Å². The minimum absolute atomic E-state index is 0.141. The van der Waals surface area contributed by atoms with Crippen LogP contribution in [0, 0.1) is 5.92 Å². The molecule has 0 radical (unpaired) electrons. The van der Waals surface area contributed by atoms with Gasteiger partial charge >= 0.3 is 0 Å². The van der Waals surface area contributed by atoms with E-state index in [0.29, 0.717) is 23.7 Å². The summed E-state index contributed by atoms with van der Waals surface area (Å²) in [6.07, 6.45) is 0.579. The van der Waals surface area contributed by atoms with Crippen molar-refractivity contribution in [1.82, 2.24) is 0 Å². The van der Waals surface area contributed by atoms with E-state index in [1.165, 1.54) is 36.4 Å². The van der Waals surface area contributed by atoms with Gasteiger partial charge < -0.3 is 16.8 Å². The van der Waals surface area contributed by atoms with E-state index < -0.39 is 15.9 Å². The molecule has 0 unspecified atom stereocenters. The van der Waals surface area contributed by atoms with E-state index in [0.717, 1.165) is 0 Å². The molecule has 0 aliphatic heterocycles. The Morgan fingerprint density at radius 2 is 1.48 bits per heavy atom. The second-order valence-electron chi connectivity index (χ2n) is 6.32. The van der Waals surface area contributed by atoms with Crippen LogP contribution in [0.25, 0.3) is 0 Å². The van der Waals surface area contributed by atoms with Gasteiger partial charge in [0.1, 0.15) is 0 Å². The van der Waals surface area contributed by atoms with E-state index in [9.17, 15) is 13.2 Å². The SMILES string of the molecule is CC(C)C[C@@H](N)C(=O)Nc1ccc(S(=O)(=O)c2ccc(N)cc2)cc1. The molecule has 0 heterocycles. The van der Waals surface area contributed by atoms with Crippen molar-refractivity contribution in [3.05, 3.63) is 48.5 Å². The van der Waals surface area contributed by atoms with Gasteiger partial charge in [0, 0.05) is 11.4 Å². The molecule has 25 heavy (non-hydrogen) atoms. The second-order valence-corrected chi connectivity index (χ2v) is 8.27. The van der Waals surface area contributed by atoms with Gasteiger partial charge in [-0.15, -0.1) is 0 Å². The number of benzene rings is 2. The molecular formula is C18H23N3O3S. The van der Waals surface area contributed by atoms with Gasteiger partial charge in [-0.2, -0.15) is 0 Å². The maximum absolute atomic E-state index is 12.6. The van der Waals surface area contributed by atoms with Crippen LogP contribution in [0.3, 0.4) is 0 Å². The van der Waals surface area contributed by atoms with Crippen molar-refractivity contribution in [3.8, 4) is 0 Å². The number of nitrogens with one attached hydrogen (secondary N) is 1. The van der Waals surface area contributed by atoms with E-state index in [4.69, 9.17) is 11.5 Å². The highest BCUT2D eigenvalue weighted by Crippen LogP contribution is 2.23. The van der Waals surface area contributed by atoms with E-state index in [1.54, 1.807) is 12.1 Å². The highest BCUT2D eigenvalue weighted by atomic mass is 32.2. The number of hydrogen-bond acceptors (Lipinski definition) is 5. The molecule has 0 spiro atoms. The summed E-state index contributed by atoms with van der Waals surface area (Å²) in [6.45, 7) is 3.98. The zero-order chi connectivity index (χ0) is 18.6. The third-order valence-corrected chi connectivity index (χ3v) is 5.47. The first-order valence-corrected chi connectivity index (χ1v) is 9.45. The van der Waals surface area contributed by atoms with E-state index in [2.05, 4.69) is 5.32 Å². The number of nitrogen functional groups attached to an aromatic ring is 1. The number of nitrogens with two attached hydrogens (primary N) is 2. The average Bonchev–Trinajstić information content (AvgIpc) is 2.55. The summed E-state index contributed by atoms with van der Waals surface area (Å²) in [5.74, 6) is 0.0241. The molecule has 0 aliphatic rings. The van der Waals surface area contributed by atoms with Crippen LogP contribution in [0.4, 0.5) is 11.4 Å². The van der Waals surface area contributed by atoms with Gasteiger partial charge in [0.15, 0.2) is 0 Å². The Kier molecular flexibility index (Phi) is 5.81. The number of anilines is 2. The fourth-order valence-corrected chi connectivity index (χ4v) is 3.61. The standard InChI is InChI=1S/C18H23N3O3S/c1-12(2)11-17(20)18(22)21-14-5-9-16(10-6-14)25(23,24)15-7-3-13(19)4-8-15/h3-10,12,17H,11,19-20H2,1-2H3,(H,21,22)/t17-/m1/s1. The van der Waals surface area contributed by atoms with Gasteiger partial charge in [0.05, 0.1) is 15.8 Å². The normalized spacial score (nSPS) is 12.8. The van der Waals surface area contributed by atoms with Gasteiger partial charge in [-0.25, -0.2) is 8.42 Å². The second kappa shape index (κ2) is 7.67. The third kappa shape index (κ3) is 4.80. The van der Waals surface area contributed by atoms with Crippen molar-refractivity contribution in [1.29, 1.82) is 0 Å². The smallest absolute Gasteiger partial charge is 0.241 e. The lowest BCUT2D eigenvalue weighted by atomic mass is 10.0. The van der Waals surface area contributed by atoms with Crippen molar-refractivity contribution in [2.75, 3.05) is 11.1 Å². The predicted octanol–water partition coefficient (Wildman–Crippen LogP) is 2.41. The molecule has 0 saturated carbocycles. The third-order valence-electron chi connectivity index (χ3n) is 3.68. The fraction of sp³-hybridized carbons (Fsp3) is 0.278. The molecule has 6 nitrogen and oxygen atoms in total. The topological polar surface area (TPSA) is 115 Å². The van der Waals surface area contributed by atoms with Crippen LogP contribution in [0.5, 0.6) is 0 Å². The number of amides is 1. The Balaban J connectivity index is 2.14. The minimum Gasteiger partial charge on any atom is -0.399 e. The quantitative estimate of drug-likeness (QED) is 0.683. The van der Waals surface area contributed by atoms with Crippen LogP contribution in [0.15, 0.2) is 58.3 Å². The zero-order valence-electron chi connectivity index (χ0n) is 14.3. The Labute approximate surface area is 148 Å². The highest BCUT2D eigenvalue weighted by Gasteiger charge is 2.18. The van der Waals surface area contributed by atoms with Gasteiger partial charge in [-0.05, 0) is 60.9 Å². The summed E-state index contributed by atoms with van der Waals surface area (Å²) < 4.78 is 25.1. The molecule has 0 fully saturated rings. The first-order valence-electron chi connectivity index (χ1n) is 7.97. The number of sulfone groups is 1. The molecule has 2 aromatic carbocycles. The summed E-state index contributed by atoms with van der Waals surface area (Å²) in [5, 5.41) is 2.70. The maximum Gasteiger partial charge on any atom is 0.241 e. The Morgan fingerprint density at radius 3 is 1.96 bits per heavy atom. The van der Waals surface area contributed by atoms with Gasteiger partial charge in [-0.3, -0.25) is 4.79 Å². The molecule has 0 aromatic heterocycles. The number of carbonyl (C=O) groups excluding carboxylic acids is 1. The van der Waals surface area contributed by atoms with Gasteiger partial charge in [-0.1, -0.05) is 13.8 Å². The van der Waals surface area contributed by atoms with Crippen LogP contribution in [0.1, 0.15) is 20.3 Å². The number of hydrogen-bond donors (Lipinski definition) is 3. The highest BCUT2D eigenvalue weighted by molar-refractivity contribution is 7.91. The van der Waals surface area contributed by atoms with E-state index in [1.807, 2.05) is 13.8 Å². The van der Waals surface area contributed by atoms with Gasteiger partial charge in [0.25, 0.3) is 0 Å². The molecule has 2 aromatic rings. The summed E-state index contributed by atoms with van der Waals surface area (Å²) in [6, 6.07) is 11.4. The molecule has 1 amide bonds. The molecule has 0 aliphatic carbocycles. The number of rotatable bonds is 6. The zero-order valence-corrected chi connectivity index (χ0v) is 15.1. The minimum atomic E-state index is -3.63. The van der Waals surface area contributed by atoms with Crippen LogP contribution in [0.2, 0.25) is 0 Å². The first kappa shape index (κ1) is 19.0. The van der Waals surface area contributed by atoms with Crippen molar-refractivity contribution >= 4 is 27.1 Å². The van der Waals surface area contributed by atoms with Crippen molar-refractivity contribution in [2.24, 2.45) is 11.7 Å². The van der Waals surface area contributed by atoms with Crippen molar-refractivity contribution in [3.63, 3.8) is 0 Å². The summed E-state index contributed by atoms with van der Waals surface area (Å²) in [4.78, 5) is 12.3. The van der Waals surface area contributed by atoms with E-state index in [-0.39, 0.29) is 15.7 Å². The van der Waals surface area contributed by atoms with Crippen LogP contribution in [-0.2, 0) is 14.6 Å². The van der Waals surface area contributed by atoms with Crippen LogP contribution in [-0.4, -0.2) is 20.4 Å². The molecule has 0 bridgehead atoms. The van der Waals surface area contributed by atoms with Crippen LogP contribution >= 0.6 is 0 Å². The molecule has 0 saturated heterocycles. The molecule has 7 heteroatoms. The molecule has 2 rings (SSSR count). The summed E-state index contributed by atoms with van der Waals surface area (Å²) in [5.41, 5.74) is 12.4. The Hall–Kier alpha value is -2.38. The average molecular weight is 361 g/mol. The molecule has 5 N–H and O–H groups in total. The lowest BCUT2D eigenvalue weighted by Gasteiger charge is -2.14. The lowest BCUT2D eigenvalue weighted by molar-refractivity contribution is -0.117. The predicted molar refractivity (Wildman–Crippen MR) is 98.8 cm³/mol. The lowest BCUT2D eigenvalue weighted by Crippen LogP contribution is -2.36. The monoisotopic (exact) mass is 361 g/mol. The van der Waals surface area contributed by atoms with Crippen LogP contribution < -0.4 is 16.8 Å². The fourth-order valence-electron chi connectivity index (χ4n) is 2.35. The largest absolute Gasteiger partial charge is 0.399 e. The van der Waals surface area contributed by atoms with E-state index >= 15 is 0 Å². The Morgan fingerprint density at radius 1 is 1.00 bits per heavy atom. The number of carbonyl (C=O) groups is 1. The summed E-state index contributed by atoms with van der Waals surface area (Å²) >= 11 is 0. The Bertz CT molecular complexity index is 829. The first-order chi connectivity index (χ1) is 11.7. The molecule has 1 atom stereocenters. The molecule has 134 valence electrons. The maximum atomic E-state index is 12.6. The summed E-state index contributed by atoms with van der Waals surface area (Å²) in [7, 11) is -3.63.